The highest BCUT2D eigenvalue weighted by Gasteiger charge is 2.33. The normalized spacial score (nSPS) is 30.4. The van der Waals surface area contributed by atoms with Gasteiger partial charge >= 0.3 is 0 Å². The zero-order valence-corrected chi connectivity index (χ0v) is 7.51. The number of hydrogen-bond donors (Lipinski definition) is 1. The molecule has 1 fully saturated rings. The highest BCUT2D eigenvalue weighted by atomic mass is 32.1. The summed E-state index contributed by atoms with van der Waals surface area (Å²) >= 11 is 1.37. The van der Waals surface area contributed by atoms with E-state index >= 15 is 0 Å². The van der Waals surface area contributed by atoms with Crippen LogP contribution in [0.15, 0.2) is 11.4 Å². The molecule has 1 saturated heterocycles. The molecule has 2 rings (SSSR count). The topological polar surface area (TPSA) is 42.4 Å². The van der Waals surface area contributed by atoms with Crippen LogP contribution in [0.5, 0.6) is 0 Å². The number of ether oxygens (including phenoxy) is 1. The van der Waals surface area contributed by atoms with Gasteiger partial charge in [0.15, 0.2) is 0 Å². The number of rotatable bonds is 1. The van der Waals surface area contributed by atoms with Gasteiger partial charge in [-0.15, -0.1) is 0 Å². The minimum Gasteiger partial charge on any atom is -0.381 e. The lowest BCUT2D eigenvalue weighted by Gasteiger charge is -2.30. The summed E-state index contributed by atoms with van der Waals surface area (Å²) in [5.41, 5.74) is -0.0645. The first-order valence-corrected chi connectivity index (χ1v) is 4.86. The van der Waals surface area contributed by atoms with E-state index in [0.717, 1.165) is 25.1 Å². The van der Waals surface area contributed by atoms with E-state index in [1.165, 1.54) is 11.5 Å². The molecule has 0 bridgehead atoms. The average Bonchev–Trinajstić information content (AvgIpc) is 2.58. The molecule has 4 heteroatoms. The van der Waals surface area contributed by atoms with Crippen molar-refractivity contribution in [2.24, 2.45) is 0 Å². The summed E-state index contributed by atoms with van der Waals surface area (Å²) < 4.78 is 9.35. The fraction of sp³-hybridized carbons (Fsp3) is 0.625. The van der Waals surface area contributed by atoms with Crippen LogP contribution in [-0.2, 0) is 10.3 Å². The van der Waals surface area contributed by atoms with E-state index in [2.05, 4.69) is 4.37 Å². The summed E-state index contributed by atoms with van der Waals surface area (Å²) in [6.45, 7) is 1.14. The maximum Gasteiger partial charge on any atom is 0.131 e. The minimum atomic E-state index is -0.821. The second-order valence-corrected chi connectivity index (χ2v) is 3.74. The number of aromatic nitrogens is 1. The van der Waals surface area contributed by atoms with Crippen molar-refractivity contribution in [2.45, 2.75) is 18.4 Å². The van der Waals surface area contributed by atoms with E-state index in [0.29, 0.717) is 6.61 Å². The number of nitrogens with zero attached hydrogens (tertiary/aromatic N) is 1. The van der Waals surface area contributed by atoms with Gasteiger partial charge in [0.25, 0.3) is 0 Å². The van der Waals surface area contributed by atoms with Gasteiger partial charge in [0.2, 0.25) is 0 Å². The maximum atomic E-state index is 10.1. The first-order chi connectivity index (χ1) is 5.81. The molecular weight excluding hydrogens is 174 g/mol. The quantitative estimate of drug-likeness (QED) is 0.713. The third-order valence-corrected chi connectivity index (χ3v) is 2.69. The largest absolute Gasteiger partial charge is 0.381 e. The van der Waals surface area contributed by atoms with E-state index in [1.54, 1.807) is 0 Å². The molecule has 1 aliphatic rings. The van der Waals surface area contributed by atoms with Crippen molar-refractivity contribution >= 4 is 11.5 Å². The molecule has 66 valence electrons. The monoisotopic (exact) mass is 185 g/mol. The molecule has 0 saturated carbocycles. The van der Waals surface area contributed by atoms with Gasteiger partial charge in [-0.1, -0.05) is 0 Å². The van der Waals surface area contributed by atoms with Crippen molar-refractivity contribution < 1.29 is 9.84 Å². The summed E-state index contributed by atoms with van der Waals surface area (Å²) in [5, 5.41) is 11.9. The minimum absolute atomic E-state index is 0.386. The Balaban J connectivity index is 2.19. The standard InChI is InChI=1S/C8H11NO2S/c10-8(3-1-4-11-6-8)7-2-5-12-9-7/h2,5,10H,1,3-4,6H2. The van der Waals surface area contributed by atoms with Gasteiger partial charge in [-0.25, -0.2) is 0 Å². The van der Waals surface area contributed by atoms with Crippen molar-refractivity contribution in [2.75, 3.05) is 13.2 Å². The smallest absolute Gasteiger partial charge is 0.131 e. The predicted molar refractivity (Wildman–Crippen MR) is 46.1 cm³/mol. The van der Waals surface area contributed by atoms with Crippen LogP contribution in [0.3, 0.4) is 0 Å². The van der Waals surface area contributed by atoms with Crippen molar-refractivity contribution in [3.63, 3.8) is 0 Å². The number of hydrogen-bond acceptors (Lipinski definition) is 4. The Labute approximate surface area is 75.2 Å². The van der Waals surface area contributed by atoms with E-state index in [4.69, 9.17) is 4.74 Å². The Kier molecular flexibility index (Phi) is 2.12. The third-order valence-electron chi connectivity index (χ3n) is 2.13. The maximum absolute atomic E-state index is 10.1. The van der Waals surface area contributed by atoms with Gasteiger partial charge in [-0.3, -0.25) is 0 Å². The third kappa shape index (κ3) is 1.37. The van der Waals surface area contributed by atoms with Gasteiger partial charge in [0, 0.05) is 12.0 Å². The zero-order valence-electron chi connectivity index (χ0n) is 6.69. The van der Waals surface area contributed by atoms with Gasteiger partial charge in [-0.05, 0) is 30.4 Å². The lowest BCUT2D eigenvalue weighted by molar-refractivity contribution is -0.0922. The number of aliphatic hydroxyl groups is 1. The Morgan fingerprint density at radius 3 is 3.17 bits per heavy atom. The first kappa shape index (κ1) is 8.16. The van der Waals surface area contributed by atoms with E-state index in [-0.39, 0.29) is 0 Å². The van der Waals surface area contributed by atoms with Crippen LogP contribution in [0, 0.1) is 0 Å². The fourth-order valence-electron chi connectivity index (χ4n) is 1.43. The molecule has 0 aromatic carbocycles. The highest BCUT2D eigenvalue weighted by Crippen LogP contribution is 2.29. The lowest BCUT2D eigenvalue weighted by Crippen LogP contribution is -2.36. The summed E-state index contributed by atoms with van der Waals surface area (Å²) in [5.74, 6) is 0. The molecule has 0 spiro atoms. The van der Waals surface area contributed by atoms with Gasteiger partial charge in [-0.2, -0.15) is 4.37 Å². The molecule has 1 unspecified atom stereocenters. The Morgan fingerprint density at radius 1 is 1.67 bits per heavy atom. The molecular formula is C8H11NO2S. The predicted octanol–water partition coefficient (Wildman–Crippen LogP) is 1.14. The molecule has 1 atom stereocenters. The van der Waals surface area contributed by atoms with E-state index < -0.39 is 5.60 Å². The van der Waals surface area contributed by atoms with Crippen LogP contribution < -0.4 is 0 Å². The molecule has 1 aliphatic heterocycles. The van der Waals surface area contributed by atoms with Crippen LogP contribution in [0.1, 0.15) is 18.5 Å². The van der Waals surface area contributed by atoms with Crippen LogP contribution in [0.2, 0.25) is 0 Å². The van der Waals surface area contributed by atoms with Crippen LogP contribution in [-0.4, -0.2) is 22.7 Å². The summed E-state index contributed by atoms with van der Waals surface area (Å²) in [7, 11) is 0. The molecule has 0 aliphatic carbocycles. The summed E-state index contributed by atoms with van der Waals surface area (Å²) in [6, 6.07) is 1.86. The van der Waals surface area contributed by atoms with E-state index in [9.17, 15) is 5.11 Å². The highest BCUT2D eigenvalue weighted by molar-refractivity contribution is 7.03. The Morgan fingerprint density at radius 2 is 2.58 bits per heavy atom. The summed E-state index contributed by atoms with van der Waals surface area (Å²) in [6.07, 6.45) is 1.67. The van der Waals surface area contributed by atoms with Gasteiger partial charge < -0.3 is 9.84 Å². The van der Waals surface area contributed by atoms with Gasteiger partial charge in [0.1, 0.15) is 5.60 Å². The SMILES string of the molecule is OC1(c2ccsn2)CCCOC1. The van der Waals surface area contributed by atoms with Crippen LogP contribution in [0.4, 0.5) is 0 Å². The second kappa shape index (κ2) is 3.12. The van der Waals surface area contributed by atoms with Gasteiger partial charge in [0.05, 0.1) is 12.3 Å². The molecule has 1 aromatic rings. The molecule has 1 aromatic heterocycles. The molecule has 1 N–H and O–H groups in total. The Hall–Kier alpha value is -0.450. The molecule has 3 nitrogen and oxygen atoms in total. The Bertz CT molecular complexity index is 242. The van der Waals surface area contributed by atoms with Crippen LogP contribution >= 0.6 is 11.5 Å². The zero-order chi connectivity index (χ0) is 8.44. The second-order valence-electron chi connectivity index (χ2n) is 3.07. The van der Waals surface area contributed by atoms with Crippen molar-refractivity contribution in [3.05, 3.63) is 17.1 Å². The van der Waals surface area contributed by atoms with Crippen LogP contribution in [0.25, 0.3) is 0 Å². The van der Waals surface area contributed by atoms with Crippen molar-refractivity contribution in [1.29, 1.82) is 0 Å². The van der Waals surface area contributed by atoms with Crippen molar-refractivity contribution in [1.82, 2.24) is 4.37 Å². The molecule has 12 heavy (non-hydrogen) atoms. The van der Waals surface area contributed by atoms with Crippen molar-refractivity contribution in [3.8, 4) is 0 Å². The molecule has 0 radical (unpaired) electrons. The molecule has 2 heterocycles. The summed E-state index contributed by atoms with van der Waals surface area (Å²) in [4.78, 5) is 0. The molecule has 0 amide bonds. The van der Waals surface area contributed by atoms with E-state index in [1.807, 2.05) is 11.4 Å². The first-order valence-electron chi connectivity index (χ1n) is 4.02. The average molecular weight is 185 g/mol. The fourth-order valence-corrected chi connectivity index (χ4v) is 2.03. The lowest BCUT2D eigenvalue weighted by atomic mass is 9.93.